The van der Waals surface area contributed by atoms with Crippen LogP contribution in [0.1, 0.15) is 34.1 Å². The van der Waals surface area contributed by atoms with E-state index in [2.05, 4.69) is 13.8 Å². The molecule has 0 saturated carbocycles. The van der Waals surface area contributed by atoms with Gasteiger partial charge in [-0.05, 0) is 20.3 Å². The molecule has 0 bridgehead atoms. The number of hydrogen-bond acceptors (Lipinski definition) is 2. The molecule has 0 radical (unpaired) electrons. The van der Waals surface area contributed by atoms with E-state index in [-0.39, 0.29) is 16.8 Å². The Kier molecular flexibility index (Phi) is 1.73. The number of carbonyl (C=O) groups is 1. The third-order valence-corrected chi connectivity index (χ3v) is 2.07. The summed E-state index contributed by atoms with van der Waals surface area (Å²) in [7, 11) is 0. The van der Waals surface area contributed by atoms with E-state index < -0.39 is 0 Å². The fourth-order valence-corrected chi connectivity index (χ4v) is 1.78. The molecule has 0 atom stereocenters. The third kappa shape index (κ3) is 1.73. The average Bonchev–Trinajstić information content (AvgIpc) is 1.77. The highest BCUT2D eigenvalue weighted by molar-refractivity contribution is 5.76. The van der Waals surface area contributed by atoms with E-state index in [0.717, 1.165) is 6.42 Å². The van der Waals surface area contributed by atoms with Crippen LogP contribution in [0.2, 0.25) is 0 Å². The first-order valence-corrected chi connectivity index (χ1v) is 4.01. The molecule has 0 amide bonds. The van der Waals surface area contributed by atoms with Gasteiger partial charge in [-0.25, -0.2) is 0 Å². The van der Waals surface area contributed by atoms with Gasteiger partial charge in [-0.3, -0.25) is 4.79 Å². The summed E-state index contributed by atoms with van der Waals surface area (Å²) in [6.45, 7) is 8.70. The zero-order chi connectivity index (χ0) is 8.70. The molecule has 0 aromatic rings. The van der Waals surface area contributed by atoms with Crippen LogP contribution in [0.15, 0.2) is 0 Å². The van der Waals surface area contributed by atoms with E-state index in [4.69, 9.17) is 4.74 Å². The van der Waals surface area contributed by atoms with Crippen LogP contribution >= 0.6 is 0 Å². The van der Waals surface area contributed by atoms with Crippen molar-refractivity contribution in [1.29, 1.82) is 0 Å². The molecule has 1 heterocycles. The summed E-state index contributed by atoms with van der Waals surface area (Å²) in [5, 5.41) is 0. The molecule has 1 rings (SSSR count). The molecule has 0 spiro atoms. The second kappa shape index (κ2) is 2.23. The predicted octanol–water partition coefficient (Wildman–Crippen LogP) is 1.99. The molecule has 0 N–H and O–H groups in total. The molecule has 2 nitrogen and oxygen atoms in total. The molecular formula is C9H16O2. The average molecular weight is 156 g/mol. The Bertz CT molecular complexity index is 180. The van der Waals surface area contributed by atoms with Gasteiger partial charge in [0.15, 0.2) is 0 Å². The van der Waals surface area contributed by atoms with Crippen LogP contribution in [0, 0.1) is 10.8 Å². The standard InChI is InChI=1S/C9H16O2/c1-8(2)5-9(3,4)7(10)11-6-8/h5-6H2,1-4H3. The van der Waals surface area contributed by atoms with Crippen LogP contribution in [0.3, 0.4) is 0 Å². The number of hydrogen-bond donors (Lipinski definition) is 0. The normalized spacial score (nSPS) is 27.8. The number of ether oxygens (including phenoxy) is 1. The first kappa shape index (κ1) is 8.57. The van der Waals surface area contributed by atoms with E-state index >= 15 is 0 Å². The highest BCUT2D eigenvalue weighted by Crippen LogP contribution is 2.38. The van der Waals surface area contributed by atoms with E-state index in [1.165, 1.54) is 0 Å². The summed E-state index contributed by atoms with van der Waals surface area (Å²) in [6, 6.07) is 0. The molecule has 0 aromatic carbocycles. The van der Waals surface area contributed by atoms with Crippen molar-refractivity contribution in [3.05, 3.63) is 0 Å². The molecule has 1 saturated heterocycles. The number of carbonyl (C=O) groups excluding carboxylic acids is 1. The summed E-state index contributed by atoms with van der Waals surface area (Å²) in [4.78, 5) is 11.2. The Labute approximate surface area is 67.9 Å². The van der Waals surface area contributed by atoms with Gasteiger partial charge < -0.3 is 4.74 Å². The Balaban J connectivity index is 2.75. The van der Waals surface area contributed by atoms with Crippen molar-refractivity contribution in [2.75, 3.05) is 6.61 Å². The topological polar surface area (TPSA) is 26.3 Å². The van der Waals surface area contributed by atoms with Crippen molar-refractivity contribution < 1.29 is 9.53 Å². The lowest BCUT2D eigenvalue weighted by Crippen LogP contribution is -2.41. The molecule has 1 aliphatic rings. The van der Waals surface area contributed by atoms with Gasteiger partial charge in [0.2, 0.25) is 0 Å². The van der Waals surface area contributed by atoms with Crippen LogP contribution in [0.5, 0.6) is 0 Å². The molecule has 1 aliphatic heterocycles. The summed E-state index contributed by atoms with van der Waals surface area (Å²) >= 11 is 0. The van der Waals surface area contributed by atoms with Crippen molar-refractivity contribution in [1.82, 2.24) is 0 Å². The monoisotopic (exact) mass is 156 g/mol. The van der Waals surface area contributed by atoms with Gasteiger partial charge >= 0.3 is 5.97 Å². The SMILES string of the molecule is CC1(C)COC(=O)C(C)(C)C1. The number of esters is 1. The molecular weight excluding hydrogens is 140 g/mol. The second-order valence-corrected chi connectivity index (χ2v) is 4.80. The zero-order valence-electron chi connectivity index (χ0n) is 7.73. The minimum atomic E-state index is -0.290. The Morgan fingerprint density at radius 3 is 2.18 bits per heavy atom. The highest BCUT2D eigenvalue weighted by Gasteiger charge is 2.41. The largest absolute Gasteiger partial charge is 0.465 e. The van der Waals surface area contributed by atoms with Gasteiger partial charge in [-0.2, -0.15) is 0 Å². The van der Waals surface area contributed by atoms with E-state index in [0.29, 0.717) is 6.61 Å². The maximum absolute atomic E-state index is 11.2. The summed E-state index contributed by atoms with van der Waals surface area (Å²) < 4.78 is 5.07. The van der Waals surface area contributed by atoms with Crippen molar-refractivity contribution in [2.45, 2.75) is 34.1 Å². The molecule has 11 heavy (non-hydrogen) atoms. The molecule has 0 aliphatic carbocycles. The smallest absolute Gasteiger partial charge is 0.311 e. The van der Waals surface area contributed by atoms with Crippen molar-refractivity contribution >= 4 is 5.97 Å². The maximum Gasteiger partial charge on any atom is 0.311 e. The van der Waals surface area contributed by atoms with E-state index in [1.54, 1.807) is 0 Å². The van der Waals surface area contributed by atoms with Crippen molar-refractivity contribution in [2.24, 2.45) is 10.8 Å². The van der Waals surface area contributed by atoms with Gasteiger partial charge in [0.05, 0.1) is 12.0 Å². The van der Waals surface area contributed by atoms with Gasteiger partial charge in [-0.15, -0.1) is 0 Å². The Morgan fingerprint density at radius 2 is 1.82 bits per heavy atom. The maximum atomic E-state index is 11.2. The highest BCUT2D eigenvalue weighted by atomic mass is 16.5. The Morgan fingerprint density at radius 1 is 1.27 bits per heavy atom. The van der Waals surface area contributed by atoms with Crippen LogP contribution in [0.25, 0.3) is 0 Å². The van der Waals surface area contributed by atoms with E-state index in [1.807, 2.05) is 13.8 Å². The summed E-state index contributed by atoms with van der Waals surface area (Å²) in [5.74, 6) is -0.0585. The van der Waals surface area contributed by atoms with Crippen LogP contribution in [-0.2, 0) is 9.53 Å². The summed E-state index contributed by atoms with van der Waals surface area (Å²) in [5.41, 5.74) is -0.140. The fourth-order valence-electron chi connectivity index (χ4n) is 1.78. The second-order valence-electron chi connectivity index (χ2n) is 4.80. The lowest BCUT2D eigenvalue weighted by atomic mass is 9.74. The van der Waals surface area contributed by atoms with Gasteiger partial charge in [0.25, 0.3) is 0 Å². The number of rotatable bonds is 0. The molecule has 1 fully saturated rings. The zero-order valence-corrected chi connectivity index (χ0v) is 7.73. The molecule has 64 valence electrons. The first-order chi connectivity index (χ1) is 4.83. The third-order valence-electron chi connectivity index (χ3n) is 2.07. The fraction of sp³-hybridized carbons (Fsp3) is 0.889. The quantitative estimate of drug-likeness (QED) is 0.501. The van der Waals surface area contributed by atoms with Gasteiger partial charge in [0, 0.05) is 5.41 Å². The lowest BCUT2D eigenvalue weighted by Gasteiger charge is -2.38. The van der Waals surface area contributed by atoms with Crippen LogP contribution < -0.4 is 0 Å². The summed E-state index contributed by atoms with van der Waals surface area (Å²) in [6.07, 6.45) is 0.916. The van der Waals surface area contributed by atoms with Gasteiger partial charge in [-0.1, -0.05) is 13.8 Å². The molecule has 0 aromatic heterocycles. The Hall–Kier alpha value is -0.530. The lowest BCUT2D eigenvalue weighted by molar-refractivity contribution is -0.168. The minimum absolute atomic E-state index is 0.0585. The van der Waals surface area contributed by atoms with Gasteiger partial charge in [0.1, 0.15) is 0 Å². The van der Waals surface area contributed by atoms with Crippen molar-refractivity contribution in [3.63, 3.8) is 0 Å². The number of cyclic esters (lactones) is 1. The molecule has 2 heteroatoms. The van der Waals surface area contributed by atoms with Crippen molar-refractivity contribution in [3.8, 4) is 0 Å². The van der Waals surface area contributed by atoms with Crippen LogP contribution in [-0.4, -0.2) is 12.6 Å². The predicted molar refractivity (Wildman–Crippen MR) is 43.1 cm³/mol. The minimum Gasteiger partial charge on any atom is -0.465 e. The first-order valence-electron chi connectivity index (χ1n) is 4.01. The van der Waals surface area contributed by atoms with E-state index in [9.17, 15) is 4.79 Å². The molecule has 0 unspecified atom stereocenters. The van der Waals surface area contributed by atoms with Crippen LogP contribution in [0.4, 0.5) is 0 Å².